The van der Waals surface area contributed by atoms with Crippen LogP contribution >= 0.6 is 0 Å². The minimum absolute atomic E-state index is 1.49. The smallest absolute Gasteiger partial charge is 0.395 e. The predicted octanol–water partition coefficient (Wildman–Crippen LogP) is 0.741. The molecule has 0 aliphatic carbocycles. The van der Waals surface area contributed by atoms with Crippen LogP contribution in [0.25, 0.3) is 0 Å². The third-order valence-electron chi connectivity index (χ3n) is 1.12. The van der Waals surface area contributed by atoms with Gasteiger partial charge in [-0.2, -0.15) is 13.2 Å². The molecule has 0 aliphatic heterocycles. The lowest BCUT2D eigenvalue weighted by atomic mass is 10.0. The molecular formula is C5H6F5O2. The maximum atomic E-state index is 11.6. The second-order valence-electron chi connectivity index (χ2n) is 1.98. The van der Waals surface area contributed by atoms with Crippen LogP contribution in [0.3, 0.4) is 0 Å². The van der Waals surface area contributed by atoms with E-state index in [2.05, 4.69) is 0 Å². The van der Waals surface area contributed by atoms with E-state index in [1.807, 2.05) is 0 Å². The van der Waals surface area contributed by atoms with Crippen molar-refractivity contribution in [3.8, 4) is 0 Å². The fourth-order valence-electron chi connectivity index (χ4n) is 0.485. The first-order valence-corrected chi connectivity index (χ1v) is 2.80. The topological polar surface area (TPSA) is 40.5 Å². The molecular weight excluding hydrogens is 187 g/mol. The quantitative estimate of drug-likeness (QED) is 0.649. The zero-order valence-corrected chi connectivity index (χ0v) is 5.65. The monoisotopic (exact) mass is 193 g/mol. The maximum absolute atomic E-state index is 11.6. The lowest BCUT2D eigenvalue weighted by Gasteiger charge is -2.21. The molecule has 0 saturated heterocycles. The zero-order chi connectivity index (χ0) is 9.94. The van der Waals surface area contributed by atoms with Crippen LogP contribution < -0.4 is 0 Å². The molecule has 0 aromatic rings. The molecule has 0 aromatic carbocycles. The van der Waals surface area contributed by atoms with Gasteiger partial charge in [0.25, 0.3) is 0 Å². The number of rotatable bonds is 3. The number of alkyl halides is 5. The van der Waals surface area contributed by atoms with Crippen LogP contribution in [0.2, 0.25) is 0 Å². The molecule has 0 spiro atoms. The Morgan fingerprint density at radius 2 is 1.67 bits per heavy atom. The van der Waals surface area contributed by atoms with E-state index < -0.39 is 31.2 Å². The van der Waals surface area contributed by atoms with Gasteiger partial charge in [0, 0.05) is 0 Å². The Kier molecular flexibility index (Phi) is 3.85. The lowest BCUT2D eigenvalue weighted by Crippen LogP contribution is -2.39. The highest BCUT2D eigenvalue weighted by molar-refractivity contribution is 5.02. The second-order valence-corrected chi connectivity index (χ2v) is 1.98. The van der Waals surface area contributed by atoms with Gasteiger partial charge in [0.05, 0.1) is 6.61 Å². The number of halogens is 5. The van der Waals surface area contributed by atoms with Gasteiger partial charge < -0.3 is 10.2 Å². The molecule has 0 bridgehead atoms. The molecule has 0 rings (SSSR count). The summed E-state index contributed by atoms with van der Waals surface area (Å²) in [5.74, 6) is -1.64. The molecule has 0 heterocycles. The molecule has 1 atom stereocenters. The Bertz CT molecular complexity index is 134. The summed E-state index contributed by atoms with van der Waals surface area (Å²) < 4.78 is 57.8. The van der Waals surface area contributed by atoms with Crippen LogP contribution in [0.4, 0.5) is 22.0 Å². The van der Waals surface area contributed by atoms with Crippen molar-refractivity contribution in [2.75, 3.05) is 6.61 Å². The molecule has 1 unspecified atom stereocenters. The maximum Gasteiger partial charge on any atom is 0.415 e. The highest BCUT2D eigenvalue weighted by Gasteiger charge is 2.47. The van der Waals surface area contributed by atoms with Gasteiger partial charge in [-0.15, -0.1) is 0 Å². The first-order chi connectivity index (χ1) is 5.30. The first-order valence-electron chi connectivity index (χ1n) is 2.80. The predicted molar refractivity (Wildman–Crippen MR) is 28.4 cm³/mol. The van der Waals surface area contributed by atoms with Crippen molar-refractivity contribution in [3.05, 3.63) is 5.92 Å². The highest BCUT2D eigenvalue weighted by Crippen LogP contribution is 2.29. The van der Waals surface area contributed by atoms with Crippen molar-refractivity contribution in [2.45, 2.75) is 18.7 Å². The number of aliphatic hydroxyl groups excluding tert-OH is 2. The third-order valence-corrected chi connectivity index (χ3v) is 1.12. The van der Waals surface area contributed by atoms with Crippen molar-refractivity contribution < 1.29 is 32.2 Å². The van der Waals surface area contributed by atoms with Crippen molar-refractivity contribution in [2.24, 2.45) is 0 Å². The average molecular weight is 193 g/mol. The molecule has 0 aliphatic rings. The number of hydrogen-bond donors (Lipinski definition) is 2. The summed E-state index contributed by atoms with van der Waals surface area (Å²) >= 11 is 0. The Labute approximate surface area is 64.6 Å². The van der Waals surface area contributed by atoms with E-state index in [0.717, 1.165) is 0 Å². The van der Waals surface area contributed by atoms with E-state index in [1.165, 1.54) is 0 Å². The van der Waals surface area contributed by atoms with E-state index in [9.17, 15) is 22.0 Å². The summed E-state index contributed by atoms with van der Waals surface area (Å²) in [4.78, 5) is 0. The third kappa shape index (κ3) is 2.90. The minimum Gasteiger partial charge on any atom is -0.395 e. The summed E-state index contributed by atoms with van der Waals surface area (Å²) in [6.45, 7) is -1.49. The molecule has 0 fully saturated rings. The van der Waals surface area contributed by atoms with Crippen LogP contribution in [0, 0.1) is 5.92 Å². The van der Waals surface area contributed by atoms with Gasteiger partial charge in [-0.05, 0) is 0 Å². The van der Waals surface area contributed by atoms with E-state index >= 15 is 0 Å². The fraction of sp³-hybridized carbons (Fsp3) is 0.800. The number of hydrogen-bond acceptors (Lipinski definition) is 2. The second kappa shape index (κ2) is 3.99. The van der Waals surface area contributed by atoms with Crippen LogP contribution in [-0.4, -0.2) is 35.5 Å². The normalized spacial score (nSPS) is 15.8. The molecule has 0 aromatic heterocycles. The molecule has 2 N–H and O–H groups in total. The summed E-state index contributed by atoms with van der Waals surface area (Å²) in [5, 5.41) is 16.3. The fourth-order valence-corrected chi connectivity index (χ4v) is 0.485. The molecule has 12 heavy (non-hydrogen) atoms. The standard InChI is InChI=1S/C5H6F5O2/c6-4(7)2(1-11)3(12)5(8,9)10/h3-4,11-12H,1H2. The Morgan fingerprint density at radius 3 is 1.75 bits per heavy atom. The molecule has 0 amide bonds. The summed E-state index contributed by atoms with van der Waals surface area (Å²) in [6.07, 6.45) is -11.9. The van der Waals surface area contributed by atoms with Gasteiger partial charge in [-0.25, -0.2) is 8.78 Å². The van der Waals surface area contributed by atoms with Gasteiger partial charge in [-0.1, -0.05) is 0 Å². The Balaban J connectivity index is 4.32. The SMILES string of the molecule is OC[C](C(F)F)C(O)C(F)(F)F. The summed E-state index contributed by atoms with van der Waals surface area (Å²) in [7, 11) is 0. The zero-order valence-electron chi connectivity index (χ0n) is 5.65. The average Bonchev–Trinajstić information content (AvgIpc) is 1.86. The lowest BCUT2D eigenvalue weighted by molar-refractivity contribution is -0.206. The number of aliphatic hydroxyl groups is 2. The van der Waals surface area contributed by atoms with Crippen LogP contribution in [0.15, 0.2) is 0 Å². The van der Waals surface area contributed by atoms with Crippen molar-refractivity contribution in [3.63, 3.8) is 0 Å². The molecule has 2 nitrogen and oxygen atoms in total. The van der Waals surface area contributed by atoms with Crippen LogP contribution in [-0.2, 0) is 0 Å². The first kappa shape index (κ1) is 11.6. The highest BCUT2D eigenvalue weighted by atomic mass is 19.4. The van der Waals surface area contributed by atoms with Crippen LogP contribution in [0.1, 0.15) is 0 Å². The molecule has 0 saturated carbocycles. The van der Waals surface area contributed by atoms with Gasteiger partial charge in [0.2, 0.25) is 6.43 Å². The molecule has 1 radical (unpaired) electrons. The van der Waals surface area contributed by atoms with E-state index in [0.29, 0.717) is 0 Å². The van der Waals surface area contributed by atoms with Crippen molar-refractivity contribution in [1.82, 2.24) is 0 Å². The van der Waals surface area contributed by atoms with Crippen molar-refractivity contribution >= 4 is 0 Å². The van der Waals surface area contributed by atoms with Gasteiger partial charge in [0.1, 0.15) is 5.92 Å². The van der Waals surface area contributed by atoms with Gasteiger partial charge in [-0.3, -0.25) is 0 Å². The molecule has 7 heteroatoms. The summed E-state index contributed by atoms with van der Waals surface area (Å²) in [5.41, 5.74) is 0. The van der Waals surface area contributed by atoms with E-state index in [4.69, 9.17) is 10.2 Å². The molecule has 73 valence electrons. The largest absolute Gasteiger partial charge is 0.415 e. The summed E-state index contributed by atoms with van der Waals surface area (Å²) in [6, 6.07) is 0. The Hall–Kier alpha value is -0.430. The van der Waals surface area contributed by atoms with Crippen LogP contribution in [0.5, 0.6) is 0 Å². The van der Waals surface area contributed by atoms with Crippen molar-refractivity contribution in [1.29, 1.82) is 0 Å². The Morgan fingerprint density at radius 1 is 1.25 bits per heavy atom. The van der Waals surface area contributed by atoms with E-state index in [1.54, 1.807) is 0 Å². The van der Waals surface area contributed by atoms with Gasteiger partial charge >= 0.3 is 6.18 Å². The minimum atomic E-state index is -5.16. The van der Waals surface area contributed by atoms with E-state index in [-0.39, 0.29) is 0 Å². The van der Waals surface area contributed by atoms with Gasteiger partial charge in [0.15, 0.2) is 6.10 Å².